The normalized spacial score (nSPS) is 17.1. The van der Waals surface area contributed by atoms with Gasteiger partial charge in [0.05, 0.1) is 4.92 Å². The number of non-ortho nitro benzene ring substituents is 1. The van der Waals surface area contributed by atoms with Crippen molar-refractivity contribution < 1.29 is 4.92 Å². The van der Waals surface area contributed by atoms with Gasteiger partial charge in [-0.1, -0.05) is 36.0 Å². The molecule has 1 N–H and O–H groups in total. The largest absolute Gasteiger partial charge is 0.305 e. The predicted octanol–water partition coefficient (Wildman–Crippen LogP) is 2.40. The van der Waals surface area contributed by atoms with Crippen LogP contribution in [0, 0.1) is 10.1 Å². The highest BCUT2D eigenvalue weighted by Gasteiger charge is 2.25. The van der Waals surface area contributed by atoms with E-state index < -0.39 is 4.92 Å². The average molecular weight is 289 g/mol. The third-order valence-corrected chi connectivity index (χ3v) is 3.80. The maximum atomic E-state index is 10.8. The molecule has 2 heterocycles. The molecule has 7 nitrogen and oxygen atoms in total. The predicted molar refractivity (Wildman–Crippen MR) is 75.9 cm³/mol. The van der Waals surface area contributed by atoms with Crippen LogP contribution in [-0.4, -0.2) is 25.2 Å². The van der Waals surface area contributed by atoms with Crippen molar-refractivity contribution in [2.75, 3.05) is 5.43 Å². The summed E-state index contributed by atoms with van der Waals surface area (Å²) < 4.78 is 1.76. The zero-order valence-electron chi connectivity index (χ0n) is 10.6. The van der Waals surface area contributed by atoms with E-state index >= 15 is 0 Å². The number of nitrogens with one attached hydrogen (secondary N) is 1. The third-order valence-electron chi connectivity index (χ3n) is 2.80. The zero-order valence-corrected chi connectivity index (χ0v) is 11.4. The molecular weight excluding hydrogens is 278 g/mol. The van der Waals surface area contributed by atoms with Crippen molar-refractivity contribution in [3.63, 3.8) is 0 Å². The van der Waals surface area contributed by atoms with E-state index in [1.54, 1.807) is 28.6 Å². The summed E-state index contributed by atoms with van der Waals surface area (Å²) in [5.41, 5.74) is 3.93. The smallest absolute Gasteiger partial charge is 0.270 e. The first-order valence-electron chi connectivity index (χ1n) is 5.95. The molecule has 1 atom stereocenters. The van der Waals surface area contributed by atoms with Crippen LogP contribution in [0.1, 0.15) is 6.92 Å². The number of hydrogen-bond acceptors (Lipinski definition) is 6. The highest BCUT2D eigenvalue weighted by atomic mass is 32.2. The van der Waals surface area contributed by atoms with Crippen LogP contribution in [0.5, 0.6) is 0 Å². The number of nitro benzene ring substituents is 1. The number of aromatic nitrogens is 3. The SMILES string of the molecule is C/C=C/[C@H]1Nn2c(nnc2-c2cccc([N+](=O)[O-])c2)S1. The molecule has 0 aliphatic carbocycles. The van der Waals surface area contributed by atoms with Crippen molar-refractivity contribution in [2.24, 2.45) is 0 Å². The van der Waals surface area contributed by atoms with Gasteiger partial charge in [0, 0.05) is 17.7 Å². The lowest BCUT2D eigenvalue weighted by atomic mass is 10.2. The van der Waals surface area contributed by atoms with Crippen LogP contribution in [0.25, 0.3) is 11.4 Å². The number of nitro groups is 1. The lowest BCUT2D eigenvalue weighted by molar-refractivity contribution is -0.384. The number of allylic oxidation sites excluding steroid dienone is 1. The maximum Gasteiger partial charge on any atom is 0.270 e. The van der Waals surface area contributed by atoms with Crippen LogP contribution in [0.4, 0.5) is 5.69 Å². The minimum absolute atomic E-state index is 0.0375. The van der Waals surface area contributed by atoms with Gasteiger partial charge in [-0.25, -0.2) is 4.68 Å². The molecule has 1 aliphatic rings. The topological polar surface area (TPSA) is 85.9 Å². The number of thioether (sulfide) groups is 1. The summed E-state index contributed by atoms with van der Waals surface area (Å²) in [7, 11) is 0. The van der Waals surface area contributed by atoms with Gasteiger partial charge in [0.25, 0.3) is 5.69 Å². The number of benzene rings is 1. The Morgan fingerprint density at radius 2 is 2.35 bits per heavy atom. The van der Waals surface area contributed by atoms with Crippen LogP contribution in [0.15, 0.2) is 41.6 Å². The molecule has 0 fully saturated rings. The third kappa shape index (κ3) is 2.14. The van der Waals surface area contributed by atoms with E-state index in [9.17, 15) is 10.1 Å². The Hall–Kier alpha value is -2.35. The lowest BCUT2D eigenvalue weighted by Crippen LogP contribution is -2.17. The summed E-state index contributed by atoms with van der Waals surface area (Å²) in [4.78, 5) is 10.4. The van der Waals surface area contributed by atoms with Gasteiger partial charge in [0.15, 0.2) is 5.82 Å². The summed E-state index contributed by atoms with van der Waals surface area (Å²) in [6.45, 7) is 1.95. The van der Waals surface area contributed by atoms with Crippen molar-refractivity contribution in [2.45, 2.75) is 17.5 Å². The van der Waals surface area contributed by atoms with E-state index in [2.05, 4.69) is 15.6 Å². The average Bonchev–Trinajstić information content (AvgIpc) is 2.99. The van der Waals surface area contributed by atoms with E-state index in [0.29, 0.717) is 11.4 Å². The van der Waals surface area contributed by atoms with E-state index in [0.717, 1.165) is 5.16 Å². The van der Waals surface area contributed by atoms with Gasteiger partial charge < -0.3 is 5.43 Å². The molecule has 102 valence electrons. The summed E-state index contributed by atoms with van der Waals surface area (Å²) in [5.74, 6) is 0.572. The molecule has 0 unspecified atom stereocenters. The van der Waals surface area contributed by atoms with Crippen LogP contribution in [0.2, 0.25) is 0 Å². The Bertz CT molecular complexity index is 697. The molecule has 2 aromatic rings. The second kappa shape index (κ2) is 4.97. The highest BCUT2D eigenvalue weighted by Crippen LogP contribution is 2.32. The van der Waals surface area contributed by atoms with Gasteiger partial charge in [0.2, 0.25) is 5.16 Å². The summed E-state index contributed by atoms with van der Waals surface area (Å²) in [5, 5.41) is 19.8. The Kier molecular flexibility index (Phi) is 3.15. The first-order chi connectivity index (χ1) is 9.69. The Balaban J connectivity index is 1.98. The molecule has 0 saturated heterocycles. The zero-order chi connectivity index (χ0) is 14.1. The van der Waals surface area contributed by atoms with Crippen molar-refractivity contribution in [1.29, 1.82) is 0 Å². The molecular formula is C12H11N5O2S. The number of hydrogen-bond donors (Lipinski definition) is 1. The van der Waals surface area contributed by atoms with E-state index in [-0.39, 0.29) is 11.1 Å². The summed E-state index contributed by atoms with van der Waals surface area (Å²) in [6.07, 6.45) is 3.97. The fourth-order valence-corrected chi connectivity index (χ4v) is 2.89. The highest BCUT2D eigenvalue weighted by molar-refractivity contribution is 8.00. The molecule has 0 amide bonds. The summed E-state index contributed by atoms with van der Waals surface area (Å²) in [6, 6.07) is 6.36. The molecule has 0 spiro atoms. The second-order valence-electron chi connectivity index (χ2n) is 4.14. The van der Waals surface area contributed by atoms with Gasteiger partial charge in [-0.05, 0) is 6.92 Å². The van der Waals surface area contributed by atoms with E-state index in [4.69, 9.17) is 0 Å². The maximum absolute atomic E-state index is 10.8. The first kappa shape index (κ1) is 12.7. The monoisotopic (exact) mass is 289 g/mol. The Morgan fingerprint density at radius 3 is 3.10 bits per heavy atom. The molecule has 8 heteroatoms. The lowest BCUT2D eigenvalue weighted by Gasteiger charge is -2.07. The first-order valence-corrected chi connectivity index (χ1v) is 6.83. The van der Waals surface area contributed by atoms with Crippen LogP contribution in [0.3, 0.4) is 0 Å². The standard InChI is InChI=1S/C12H11N5O2S/c1-2-4-10-15-16-11(13-14-12(16)20-10)8-5-3-6-9(7-8)17(18)19/h2-7,10,15H,1H3/b4-2+/t10-/m0/s1. The van der Waals surface area contributed by atoms with Crippen LogP contribution >= 0.6 is 11.8 Å². The van der Waals surface area contributed by atoms with Gasteiger partial charge in [-0.2, -0.15) is 0 Å². The molecule has 0 radical (unpaired) electrons. The van der Waals surface area contributed by atoms with Crippen molar-refractivity contribution in [3.8, 4) is 11.4 Å². The van der Waals surface area contributed by atoms with Crippen molar-refractivity contribution in [3.05, 3.63) is 46.5 Å². The second-order valence-corrected chi connectivity index (χ2v) is 5.25. The molecule has 0 saturated carbocycles. The molecule has 3 rings (SSSR count). The quantitative estimate of drug-likeness (QED) is 0.530. The molecule has 20 heavy (non-hydrogen) atoms. The molecule has 0 bridgehead atoms. The van der Waals surface area contributed by atoms with Crippen molar-refractivity contribution in [1.82, 2.24) is 14.9 Å². The van der Waals surface area contributed by atoms with Gasteiger partial charge in [-0.15, -0.1) is 10.2 Å². The van der Waals surface area contributed by atoms with Gasteiger partial charge >= 0.3 is 0 Å². The number of fused-ring (bicyclic) bond motifs is 1. The molecule has 1 aliphatic heterocycles. The summed E-state index contributed by atoms with van der Waals surface area (Å²) >= 11 is 1.54. The van der Waals surface area contributed by atoms with Gasteiger partial charge in [0.1, 0.15) is 5.37 Å². The van der Waals surface area contributed by atoms with Crippen molar-refractivity contribution >= 4 is 17.4 Å². The van der Waals surface area contributed by atoms with E-state index in [1.165, 1.54) is 12.1 Å². The van der Waals surface area contributed by atoms with Crippen LogP contribution < -0.4 is 5.43 Å². The minimum atomic E-state index is -0.421. The molecule has 1 aromatic carbocycles. The fourth-order valence-electron chi connectivity index (χ4n) is 1.93. The van der Waals surface area contributed by atoms with Gasteiger partial charge in [-0.3, -0.25) is 10.1 Å². The fraction of sp³-hybridized carbons (Fsp3) is 0.167. The van der Waals surface area contributed by atoms with E-state index in [1.807, 2.05) is 19.1 Å². The number of nitrogens with zero attached hydrogens (tertiary/aromatic N) is 4. The Labute approximate surface area is 118 Å². The number of rotatable bonds is 3. The molecule has 1 aromatic heterocycles. The van der Waals surface area contributed by atoms with Crippen LogP contribution in [-0.2, 0) is 0 Å². The minimum Gasteiger partial charge on any atom is -0.305 e. The Morgan fingerprint density at radius 1 is 1.50 bits per heavy atom.